The zero-order valence-electron chi connectivity index (χ0n) is 18.6. The number of aliphatic hydroxyl groups excluding tert-OH is 1. The zero-order chi connectivity index (χ0) is 23.8. The van der Waals surface area contributed by atoms with E-state index in [9.17, 15) is 14.3 Å². The molecule has 0 unspecified atom stereocenters. The Balaban J connectivity index is 1.63. The third-order valence-corrected chi connectivity index (χ3v) is 5.39. The topological polar surface area (TPSA) is 78.4 Å². The Morgan fingerprint density at radius 1 is 0.971 bits per heavy atom. The second-order valence-corrected chi connectivity index (χ2v) is 7.82. The fourth-order valence-corrected chi connectivity index (χ4v) is 3.69. The van der Waals surface area contributed by atoms with Gasteiger partial charge in [0.05, 0.1) is 24.5 Å². The molecule has 1 amide bonds. The number of aliphatic hydroxyl groups is 1. The van der Waals surface area contributed by atoms with Crippen LogP contribution in [0.2, 0.25) is 0 Å². The molecule has 0 spiro atoms. The van der Waals surface area contributed by atoms with Crippen molar-refractivity contribution in [3.8, 4) is 11.3 Å². The maximum atomic E-state index is 13.5. The van der Waals surface area contributed by atoms with Gasteiger partial charge in [0.15, 0.2) is 5.82 Å². The van der Waals surface area contributed by atoms with Gasteiger partial charge in [-0.3, -0.25) is 9.78 Å². The summed E-state index contributed by atoms with van der Waals surface area (Å²) in [5.41, 5.74) is 4.73. The van der Waals surface area contributed by atoms with Crippen molar-refractivity contribution in [2.75, 3.05) is 16.8 Å². The first-order valence-corrected chi connectivity index (χ1v) is 11.0. The summed E-state index contributed by atoms with van der Waals surface area (Å²) in [6.45, 7) is 0.787. The first-order chi connectivity index (χ1) is 16.7. The van der Waals surface area contributed by atoms with Crippen LogP contribution in [0, 0.1) is 5.82 Å². The lowest BCUT2D eigenvalue weighted by molar-refractivity contribution is -0.107. The second-order valence-electron chi connectivity index (χ2n) is 7.82. The Bertz CT molecular complexity index is 1250. The van der Waals surface area contributed by atoms with Crippen LogP contribution in [-0.4, -0.2) is 28.0 Å². The maximum absolute atomic E-state index is 13.5. The van der Waals surface area contributed by atoms with Gasteiger partial charge < -0.3 is 15.3 Å². The molecule has 7 heteroatoms. The number of anilines is 2. The largest absolute Gasteiger partial charge is 0.392 e. The highest BCUT2D eigenvalue weighted by Crippen LogP contribution is 2.29. The summed E-state index contributed by atoms with van der Waals surface area (Å²) in [4.78, 5) is 22.5. The summed E-state index contributed by atoms with van der Waals surface area (Å²) < 4.78 is 13.5. The predicted molar refractivity (Wildman–Crippen MR) is 131 cm³/mol. The summed E-state index contributed by atoms with van der Waals surface area (Å²) in [6, 6.07) is 21.4. The van der Waals surface area contributed by atoms with E-state index in [1.807, 2.05) is 54.6 Å². The normalized spacial score (nSPS) is 10.6. The molecule has 2 aromatic carbocycles. The first kappa shape index (κ1) is 23.1. The number of carbonyl (C=O) groups excluding carboxylic acids is 1. The number of pyridine rings is 2. The van der Waals surface area contributed by atoms with Crippen molar-refractivity contribution in [3.63, 3.8) is 0 Å². The number of nitrogens with zero attached hydrogens (tertiary/aromatic N) is 3. The molecule has 0 aliphatic rings. The predicted octanol–water partition coefficient (Wildman–Crippen LogP) is 4.59. The molecule has 4 rings (SSSR count). The van der Waals surface area contributed by atoms with Crippen LogP contribution in [0.25, 0.3) is 11.3 Å². The molecule has 4 aromatic rings. The molecule has 6 nitrogen and oxygen atoms in total. The first-order valence-electron chi connectivity index (χ1n) is 11.0. The Labute approximate surface area is 197 Å². The van der Waals surface area contributed by atoms with Gasteiger partial charge in [0.1, 0.15) is 5.82 Å². The number of hydrogen-bond acceptors (Lipinski definition) is 5. The van der Waals surface area contributed by atoms with Gasteiger partial charge in [0.2, 0.25) is 6.41 Å². The highest BCUT2D eigenvalue weighted by molar-refractivity contribution is 5.83. The summed E-state index contributed by atoms with van der Waals surface area (Å²) in [5, 5.41) is 12.8. The number of carbonyl (C=O) groups is 1. The quantitative estimate of drug-likeness (QED) is 0.341. The number of rotatable bonds is 10. The molecule has 172 valence electrons. The monoisotopic (exact) mass is 456 g/mol. The lowest BCUT2D eigenvalue weighted by atomic mass is 10.1. The SMILES string of the molecule is O=CN(Cc1cccnc1)c1ccc(-c2cccc(CO)c2)nc1NCCc1cccc(F)c1. The molecular weight excluding hydrogens is 431 g/mol. The second kappa shape index (κ2) is 11.2. The van der Waals surface area contributed by atoms with E-state index in [4.69, 9.17) is 4.98 Å². The minimum atomic E-state index is -0.273. The van der Waals surface area contributed by atoms with Crippen LogP contribution in [0.1, 0.15) is 16.7 Å². The van der Waals surface area contributed by atoms with Gasteiger partial charge in [-0.25, -0.2) is 9.37 Å². The van der Waals surface area contributed by atoms with Crippen LogP contribution in [0.15, 0.2) is 85.2 Å². The number of benzene rings is 2. The average molecular weight is 457 g/mol. The molecule has 34 heavy (non-hydrogen) atoms. The van der Waals surface area contributed by atoms with Crippen molar-refractivity contribution >= 4 is 17.9 Å². The number of hydrogen-bond donors (Lipinski definition) is 2. The lowest BCUT2D eigenvalue weighted by Gasteiger charge is -2.21. The maximum Gasteiger partial charge on any atom is 0.214 e. The van der Waals surface area contributed by atoms with Crippen LogP contribution in [-0.2, 0) is 24.4 Å². The van der Waals surface area contributed by atoms with Gasteiger partial charge in [0, 0.05) is 24.5 Å². The summed E-state index contributed by atoms with van der Waals surface area (Å²) in [7, 11) is 0. The molecule has 2 aromatic heterocycles. The lowest BCUT2D eigenvalue weighted by Crippen LogP contribution is -2.23. The van der Waals surface area contributed by atoms with Crippen molar-refractivity contribution in [3.05, 3.63) is 108 Å². The smallest absolute Gasteiger partial charge is 0.214 e. The van der Waals surface area contributed by atoms with Gasteiger partial charge >= 0.3 is 0 Å². The van der Waals surface area contributed by atoms with Gasteiger partial charge in [-0.05, 0) is 59.5 Å². The van der Waals surface area contributed by atoms with E-state index in [0.717, 1.165) is 28.7 Å². The minimum absolute atomic E-state index is 0.0608. The van der Waals surface area contributed by atoms with E-state index in [0.29, 0.717) is 36.7 Å². The molecule has 0 fully saturated rings. The summed E-state index contributed by atoms with van der Waals surface area (Å²) in [5.74, 6) is 0.268. The van der Waals surface area contributed by atoms with Crippen LogP contribution < -0.4 is 10.2 Å². The fraction of sp³-hybridized carbons (Fsp3) is 0.148. The van der Waals surface area contributed by atoms with Crippen molar-refractivity contribution in [1.82, 2.24) is 9.97 Å². The number of aromatic nitrogens is 2. The molecule has 0 aliphatic carbocycles. The van der Waals surface area contributed by atoms with Gasteiger partial charge in [-0.1, -0.05) is 36.4 Å². The molecule has 0 saturated heterocycles. The highest BCUT2D eigenvalue weighted by atomic mass is 19.1. The number of nitrogens with one attached hydrogen (secondary N) is 1. The van der Waals surface area contributed by atoms with Crippen LogP contribution in [0.5, 0.6) is 0 Å². The highest BCUT2D eigenvalue weighted by Gasteiger charge is 2.15. The van der Waals surface area contributed by atoms with E-state index in [1.54, 1.807) is 23.4 Å². The number of halogens is 1. The molecule has 0 saturated carbocycles. The van der Waals surface area contributed by atoms with Gasteiger partial charge in [-0.2, -0.15) is 0 Å². The van der Waals surface area contributed by atoms with E-state index in [-0.39, 0.29) is 12.4 Å². The fourth-order valence-electron chi connectivity index (χ4n) is 3.69. The third kappa shape index (κ3) is 5.82. The van der Waals surface area contributed by atoms with E-state index >= 15 is 0 Å². The Morgan fingerprint density at radius 3 is 2.56 bits per heavy atom. The molecule has 0 bridgehead atoms. The van der Waals surface area contributed by atoms with Gasteiger partial charge in [-0.15, -0.1) is 0 Å². The van der Waals surface area contributed by atoms with Crippen LogP contribution in [0.3, 0.4) is 0 Å². The van der Waals surface area contributed by atoms with Crippen molar-refractivity contribution in [2.24, 2.45) is 0 Å². The van der Waals surface area contributed by atoms with Crippen molar-refractivity contribution in [2.45, 2.75) is 19.6 Å². The Morgan fingerprint density at radius 2 is 1.79 bits per heavy atom. The van der Waals surface area contributed by atoms with Crippen LogP contribution in [0.4, 0.5) is 15.9 Å². The Kier molecular flexibility index (Phi) is 7.57. The van der Waals surface area contributed by atoms with E-state index in [2.05, 4.69) is 10.3 Å². The minimum Gasteiger partial charge on any atom is -0.392 e. The molecule has 2 N–H and O–H groups in total. The zero-order valence-corrected chi connectivity index (χ0v) is 18.6. The molecule has 0 radical (unpaired) electrons. The molecule has 0 aliphatic heterocycles. The number of amides is 1. The van der Waals surface area contributed by atoms with Gasteiger partial charge in [0.25, 0.3) is 0 Å². The molecule has 0 atom stereocenters. The van der Waals surface area contributed by atoms with Crippen LogP contribution >= 0.6 is 0 Å². The Hall–Kier alpha value is -4.10. The standard InChI is InChI=1S/C27H25FN4O2/c28-24-8-2-4-20(15-24)11-13-30-27-26(32(19-34)17-22-6-3-12-29-16-22)10-9-25(31-27)23-7-1-5-21(14-23)18-33/h1-10,12,14-16,19,33H,11,13,17-18H2,(H,30,31). The average Bonchev–Trinajstić information content (AvgIpc) is 2.88. The molecular formula is C27H25FN4O2. The van der Waals surface area contributed by atoms with Crippen molar-refractivity contribution < 1.29 is 14.3 Å². The molecule has 2 heterocycles. The third-order valence-electron chi connectivity index (χ3n) is 5.39. The van der Waals surface area contributed by atoms with E-state index < -0.39 is 0 Å². The summed E-state index contributed by atoms with van der Waals surface area (Å²) >= 11 is 0. The van der Waals surface area contributed by atoms with E-state index in [1.165, 1.54) is 12.1 Å². The summed E-state index contributed by atoms with van der Waals surface area (Å²) in [6.07, 6.45) is 4.77. The van der Waals surface area contributed by atoms with Crippen molar-refractivity contribution in [1.29, 1.82) is 0 Å².